The van der Waals surface area contributed by atoms with Crippen molar-refractivity contribution in [3.05, 3.63) is 29.3 Å². The molecule has 1 unspecified atom stereocenters. The first kappa shape index (κ1) is 18.1. The van der Waals surface area contributed by atoms with Gasteiger partial charge in [0.1, 0.15) is 0 Å². The molecule has 0 aliphatic carbocycles. The summed E-state index contributed by atoms with van der Waals surface area (Å²) in [6.45, 7) is 6.61. The topological polar surface area (TPSA) is 81.4 Å². The van der Waals surface area contributed by atoms with Crippen LogP contribution in [0.1, 0.15) is 31.9 Å². The highest BCUT2D eigenvalue weighted by Crippen LogP contribution is 2.18. The Morgan fingerprint density at radius 1 is 1.29 bits per heavy atom. The zero-order valence-electron chi connectivity index (χ0n) is 13.2. The monoisotopic (exact) mass is 314 g/mol. The van der Waals surface area contributed by atoms with Gasteiger partial charge in [-0.15, -0.1) is 0 Å². The molecule has 0 amide bonds. The van der Waals surface area contributed by atoms with Crippen LogP contribution >= 0.6 is 0 Å². The van der Waals surface area contributed by atoms with E-state index in [4.69, 9.17) is 10.5 Å². The predicted molar refractivity (Wildman–Crippen MR) is 84.5 cm³/mol. The van der Waals surface area contributed by atoms with E-state index in [1.54, 1.807) is 19.2 Å². The zero-order chi connectivity index (χ0) is 16.0. The fraction of sp³-hybridized carbons (Fsp3) is 0.600. The SMILES string of the molecule is CCc1ccc(S(=O)(=O)NC(COC)C(C)C)cc1CN. The molecule has 1 aromatic carbocycles. The second-order valence-corrected chi connectivity index (χ2v) is 7.13. The van der Waals surface area contributed by atoms with E-state index in [0.29, 0.717) is 13.2 Å². The summed E-state index contributed by atoms with van der Waals surface area (Å²) in [5, 5.41) is 0. The number of ether oxygens (including phenoxy) is 1. The summed E-state index contributed by atoms with van der Waals surface area (Å²) in [4.78, 5) is 0.252. The van der Waals surface area contributed by atoms with Gasteiger partial charge in [0.05, 0.1) is 11.5 Å². The van der Waals surface area contributed by atoms with Gasteiger partial charge in [0.25, 0.3) is 0 Å². The van der Waals surface area contributed by atoms with Crippen molar-refractivity contribution in [1.29, 1.82) is 0 Å². The van der Waals surface area contributed by atoms with Crippen molar-refractivity contribution in [3.63, 3.8) is 0 Å². The van der Waals surface area contributed by atoms with E-state index in [0.717, 1.165) is 17.5 Å². The molecule has 0 aliphatic rings. The van der Waals surface area contributed by atoms with E-state index in [-0.39, 0.29) is 16.9 Å². The summed E-state index contributed by atoms with van der Waals surface area (Å²) in [6, 6.07) is 4.86. The van der Waals surface area contributed by atoms with Gasteiger partial charge in [-0.1, -0.05) is 26.8 Å². The Balaban J connectivity index is 3.07. The van der Waals surface area contributed by atoms with E-state index in [1.165, 1.54) is 0 Å². The van der Waals surface area contributed by atoms with Gasteiger partial charge in [-0.3, -0.25) is 0 Å². The van der Waals surface area contributed by atoms with Gasteiger partial charge in [-0.05, 0) is 35.6 Å². The predicted octanol–water partition coefficient (Wildman–Crippen LogP) is 1.66. The fourth-order valence-electron chi connectivity index (χ4n) is 2.11. The largest absolute Gasteiger partial charge is 0.383 e. The molecule has 120 valence electrons. The first-order valence-corrected chi connectivity index (χ1v) is 8.67. The lowest BCUT2D eigenvalue weighted by atomic mass is 10.1. The van der Waals surface area contributed by atoms with Crippen LogP contribution in [0.15, 0.2) is 23.1 Å². The number of nitrogens with one attached hydrogen (secondary N) is 1. The fourth-order valence-corrected chi connectivity index (χ4v) is 3.53. The van der Waals surface area contributed by atoms with Crippen LogP contribution < -0.4 is 10.5 Å². The number of rotatable bonds is 8. The van der Waals surface area contributed by atoms with E-state index in [1.807, 2.05) is 26.8 Å². The van der Waals surface area contributed by atoms with Crippen molar-refractivity contribution in [1.82, 2.24) is 4.72 Å². The van der Waals surface area contributed by atoms with Crippen LogP contribution in [-0.4, -0.2) is 28.2 Å². The molecule has 0 aromatic heterocycles. The molecule has 6 heteroatoms. The molecule has 0 spiro atoms. The van der Waals surface area contributed by atoms with Gasteiger partial charge in [0.15, 0.2) is 0 Å². The molecule has 1 atom stereocenters. The van der Waals surface area contributed by atoms with Gasteiger partial charge in [0.2, 0.25) is 10.0 Å². The van der Waals surface area contributed by atoms with E-state index in [9.17, 15) is 8.42 Å². The molecule has 0 radical (unpaired) electrons. The molecule has 0 aliphatic heterocycles. The van der Waals surface area contributed by atoms with Gasteiger partial charge in [0, 0.05) is 19.7 Å². The Bertz CT molecular complexity index is 556. The summed E-state index contributed by atoms with van der Waals surface area (Å²) in [5.74, 6) is 0.142. The lowest BCUT2D eigenvalue weighted by Crippen LogP contribution is -2.41. The molecule has 21 heavy (non-hydrogen) atoms. The molecule has 5 nitrogen and oxygen atoms in total. The number of aryl methyl sites for hydroxylation is 1. The minimum Gasteiger partial charge on any atom is -0.383 e. The first-order chi connectivity index (χ1) is 9.85. The Kier molecular flexibility index (Phi) is 6.80. The maximum Gasteiger partial charge on any atom is 0.240 e. The molecule has 1 aromatic rings. The number of hydrogen-bond acceptors (Lipinski definition) is 4. The molecule has 3 N–H and O–H groups in total. The molecule has 0 saturated heterocycles. The van der Waals surface area contributed by atoms with Gasteiger partial charge < -0.3 is 10.5 Å². The van der Waals surface area contributed by atoms with Crippen LogP contribution in [0.25, 0.3) is 0 Å². The average molecular weight is 314 g/mol. The lowest BCUT2D eigenvalue weighted by Gasteiger charge is -2.21. The summed E-state index contributed by atoms with van der Waals surface area (Å²) in [5.41, 5.74) is 7.65. The third kappa shape index (κ3) is 4.78. The number of benzene rings is 1. The molecule has 0 fully saturated rings. The minimum absolute atomic E-state index is 0.142. The van der Waals surface area contributed by atoms with Crippen molar-refractivity contribution >= 4 is 10.0 Å². The summed E-state index contributed by atoms with van der Waals surface area (Å²) in [6.07, 6.45) is 0.832. The third-order valence-electron chi connectivity index (χ3n) is 3.55. The highest BCUT2D eigenvalue weighted by molar-refractivity contribution is 7.89. The maximum absolute atomic E-state index is 12.5. The summed E-state index contributed by atoms with van der Waals surface area (Å²) in [7, 11) is -2.01. The Morgan fingerprint density at radius 3 is 2.43 bits per heavy atom. The Morgan fingerprint density at radius 2 is 1.95 bits per heavy atom. The maximum atomic E-state index is 12.5. The van der Waals surface area contributed by atoms with Crippen molar-refractivity contribution in [2.45, 2.75) is 44.7 Å². The van der Waals surface area contributed by atoms with Crippen LogP contribution in [0.3, 0.4) is 0 Å². The molecule has 0 bridgehead atoms. The molecule has 0 saturated carbocycles. The van der Waals surface area contributed by atoms with Crippen molar-refractivity contribution < 1.29 is 13.2 Å². The second kappa shape index (κ2) is 7.89. The van der Waals surface area contributed by atoms with E-state index < -0.39 is 10.0 Å². The average Bonchev–Trinajstić information content (AvgIpc) is 2.45. The zero-order valence-corrected chi connectivity index (χ0v) is 14.0. The molecular weight excluding hydrogens is 288 g/mol. The van der Waals surface area contributed by atoms with Gasteiger partial charge >= 0.3 is 0 Å². The number of sulfonamides is 1. The van der Waals surface area contributed by atoms with Crippen LogP contribution in [-0.2, 0) is 27.7 Å². The van der Waals surface area contributed by atoms with Crippen molar-refractivity contribution in [2.24, 2.45) is 11.7 Å². The van der Waals surface area contributed by atoms with E-state index >= 15 is 0 Å². The number of methoxy groups -OCH3 is 1. The first-order valence-electron chi connectivity index (χ1n) is 7.18. The third-order valence-corrected chi connectivity index (χ3v) is 5.03. The molecular formula is C15H26N2O3S. The highest BCUT2D eigenvalue weighted by Gasteiger charge is 2.23. The molecule has 1 rings (SSSR count). The van der Waals surface area contributed by atoms with Crippen molar-refractivity contribution in [3.8, 4) is 0 Å². The minimum atomic E-state index is -3.57. The normalized spacial score (nSPS) is 13.6. The Hall–Kier alpha value is -0.950. The number of hydrogen-bond donors (Lipinski definition) is 2. The van der Waals surface area contributed by atoms with Crippen molar-refractivity contribution in [2.75, 3.05) is 13.7 Å². The second-order valence-electron chi connectivity index (χ2n) is 5.42. The number of nitrogens with two attached hydrogens (primary N) is 1. The van der Waals surface area contributed by atoms with E-state index in [2.05, 4.69) is 4.72 Å². The highest BCUT2D eigenvalue weighted by atomic mass is 32.2. The lowest BCUT2D eigenvalue weighted by molar-refractivity contribution is 0.157. The van der Waals surface area contributed by atoms with Gasteiger partial charge in [-0.2, -0.15) is 0 Å². The van der Waals surface area contributed by atoms with Crippen LogP contribution in [0.4, 0.5) is 0 Å². The molecule has 0 heterocycles. The van der Waals surface area contributed by atoms with Crippen LogP contribution in [0.5, 0.6) is 0 Å². The van der Waals surface area contributed by atoms with Crippen LogP contribution in [0.2, 0.25) is 0 Å². The summed E-state index contributed by atoms with van der Waals surface area (Å²) >= 11 is 0. The smallest absolute Gasteiger partial charge is 0.240 e. The quantitative estimate of drug-likeness (QED) is 0.764. The van der Waals surface area contributed by atoms with Gasteiger partial charge in [-0.25, -0.2) is 13.1 Å². The van der Waals surface area contributed by atoms with Crippen LogP contribution in [0, 0.1) is 5.92 Å². The summed E-state index contributed by atoms with van der Waals surface area (Å²) < 4.78 is 32.8. The standard InChI is InChI=1S/C15H26N2O3S/c1-5-12-6-7-14(8-13(12)9-16)21(18,19)17-15(10-20-4)11(2)3/h6-8,11,15,17H,5,9-10,16H2,1-4H3. The Labute approximate surface area is 127 Å².